The van der Waals surface area contributed by atoms with E-state index in [1.807, 2.05) is 0 Å². The van der Waals surface area contributed by atoms with Crippen LogP contribution in [-0.4, -0.2) is 13.3 Å². The lowest BCUT2D eigenvalue weighted by Gasteiger charge is -1.98. The first-order valence-corrected chi connectivity index (χ1v) is 4.24. The van der Waals surface area contributed by atoms with E-state index in [9.17, 15) is 8.42 Å². The van der Waals surface area contributed by atoms with Crippen LogP contribution in [0.15, 0.2) is 23.1 Å². The highest BCUT2D eigenvalue weighted by molar-refractivity contribution is 7.85. The van der Waals surface area contributed by atoms with Crippen LogP contribution in [0.25, 0.3) is 0 Å². The Balaban J connectivity index is 3.12. The smallest absolute Gasteiger partial charge is 0.184 e. The molecule has 0 aromatic rings. The number of rotatable bonds is 0. The van der Waals surface area contributed by atoms with Gasteiger partial charge in [-0.3, -0.25) is 0 Å². The molecule has 1 aliphatic carbocycles. The minimum absolute atomic E-state index is 0.396. The fraction of sp³-hybridized carbons (Fsp3) is 0.167. The van der Waals surface area contributed by atoms with Crippen LogP contribution in [-0.2, 0) is 10.3 Å². The van der Waals surface area contributed by atoms with Gasteiger partial charge in [-0.2, -0.15) is 8.42 Å². The molecule has 0 aromatic carbocycles. The van der Waals surface area contributed by atoms with Crippen molar-refractivity contribution in [2.45, 2.75) is 6.42 Å². The largest absolute Gasteiger partial charge is 0.217 e. The van der Waals surface area contributed by atoms with E-state index in [1.165, 1.54) is 0 Å². The van der Waals surface area contributed by atoms with Crippen LogP contribution in [0, 0.1) is 0 Å². The third-order valence-electron chi connectivity index (χ3n) is 1.13. The number of hydrogen-bond donors (Lipinski definition) is 1. The maximum absolute atomic E-state index is 10.4. The predicted octanol–water partition coefficient (Wildman–Crippen LogP) is 0.812. The van der Waals surface area contributed by atoms with E-state index in [0.717, 1.165) is 0 Å². The third kappa shape index (κ3) is 1.75. The molecule has 0 bridgehead atoms. The fourth-order valence-electron chi connectivity index (χ4n) is 0.684. The summed E-state index contributed by atoms with van der Waals surface area (Å²) in [5, 5.41) is 0. The van der Waals surface area contributed by atoms with Gasteiger partial charge in [0.05, 0.1) is 4.86 Å². The molecule has 0 unspecified atom stereocenters. The SMILES string of the molecule is O=S(=O)=C1C=C(S)C=CC1. The molecule has 4 heteroatoms. The van der Waals surface area contributed by atoms with Gasteiger partial charge in [0, 0.05) is 11.3 Å². The standard InChI is InChI=1S/C6H6O2S2/c7-10(8)6-3-1-2-5(9)4-6/h1-2,4,9H,3H2. The van der Waals surface area contributed by atoms with Crippen LogP contribution in [0.1, 0.15) is 6.42 Å². The first-order valence-electron chi connectivity index (χ1n) is 2.72. The molecular weight excluding hydrogens is 168 g/mol. The molecule has 0 radical (unpaired) electrons. The van der Waals surface area contributed by atoms with E-state index >= 15 is 0 Å². The van der Waals surface area contributed by atoms with E-state index in [-0.39, 0.29) is 0 Å². The van der Waals surface area contributed by atoms with Gasteiger partial charge in [0.25, 0.3) is 0 Å². The van der Waals surface area contributed by atoms with Crippen LogP contribution >= 0.6 is 12.6 Å². The minimum atomic E-state index is -2.08. The zero-order valence-electron chi connectivity index (χ0n) is 5.11. The van der Waals surface area contributed by atoms with E-state index in [4.69, 9.17) is 0 Å². The zero-order valence-corrected chi connectivity index (χ0v) is 6.82. The molecule has 0 saturated carbocycles. The van der Waals surface area contributed by atoms with Gasteiger partial charge in [-0.15, -0.1) is 12.6 Å². The molecule has 10 heavy (non-hydrogen) atoms. The molecular formula is C6H6O2S2. The normalized spacial score (nSPS) is 16.9. The van der Waals surface area contributed by atoms with Crippen molar-refractivity contribution in [2.75, 3.05) is 0 Å². The van der Waals surface area contributed by atoms with Crippen LogP contribution in [0.3, 0.4) is 0 Å². The lowest BCUT2D eigenvalue weighted by molar-refractivity contribution is 0.627. The summed E-state index contributed by atoms with van der Waals surface area (Å²) in [5.74, 6) is 0. The topological polar surface area (TPSA) is 34.1 Å². The molecule has 0 saturated heterocycles. The summed E-state index contributed by atoms with van der Waals surface area (Å²) < 4.78 is 20.7. The Labute approximate surface area is 66.2 Å². The predicted molar refractivity (Wildman–Crippen MR) is 44.8 cm³/mol. The molecule has 0 fully saturated rings. The molecule has 0 spiro atoms. The maximum Gasteiger partial charge on any atom is 0.217 e. The Kier molecular flexibility index (Phi) is 2.34. The average molecular weight is 174 g/mol. The van der Waals surface area contributed by atoms with Crippen LogP contribution in [0.5, 0.6) is 0 Å². The Morgan fingerprint density at radius 1 is 1.50 bits per heavy atom. The highest BCUT2D eigenvalue weighted by Crippen LogP contribution is 2.09. The highest BCUT2D eigenvalue weighted by Gasteiger charge is 1.99. The zero-order chi connectivity index (χ0) is 7.56. The lowest BCUT2D eigenvalue weighted by Crippen LogP contribution is -1.96. The summed E-state index contributed by atoms with van der Waals surface area (Å²) >= 11 is 4.00. The quantitative estimate of drug-likeness (QED) is 0.435. The lowest BCUT2D eigenvalue weighted by atomic mass is 10.2. The van der Waals surface area contributed by atoms with E-state index in [0.29, 0.717) is 16.2 Å². The monoisotopic (exact) mass is 174 g/mol. The number of thiol groups is 1. The van der Waals surface area contributed by atoms with E-state index in [2.05, 4.69) is 12.6 Å². The van der Waals surface area contributed by atoms with E-state index < -0.39 is 10.3 Å². The molecule has 2 nitrogen and oxygen atoms in total. The summed E-state index contributed by atoms with van der Waals surface area (Å²) in [6, 6.07) is 0. The first-order chi connectivity index (χ1) is 4.70. The molecule has 0 amide bonds. The molecule has 0 atom stereocenters. The van der Waals surface area contributed by atoms with Gasteiger partial charge in [0.1, 0.15) is 0 Å². The molecule has 1 rings (SSSR count). The maximum atomic E-state index is 10.4. The Hall–Kier alpha value is -0.480. The van der Waals surface area contributed by atoms with Gasteiger partial charge in [0.2, 0.25) is 10.3 Å². The van der Waals surface area contributed by atoms with Crippen molar-refractivity contribution >= 4 is 27.8 Å². The van der Waals surface area contributed by atoms with Crippen molar-refractivity contribution < 1.29 is 8.42 Å². The average Bonchev–Trinajstić information content (AvgIpc) is 1.88. The highest BCUT2D eigenvalue weighted by atomic mass is 32.2. The number of hydrogen-bond acceptors (Lipinski definition) is 3. The molecule has 0 aromatic heterocycles. The van der Waals surface area contributed by atoms with Crippen molar-refractivity contribution in [3.63, 3.8) is 0 Å². The fourth-order valence-corrected chi connectivity index (χ4v) is 1.49. The van der Waals surface area contributed by atoms with Gasteiger partial charge in [-0.1, -0.05) is 12.2 Å². The number of allylic oxidation sites excluding steroid dienone is 3. The Morgan fingerprint density at radius 3 is 2.60 bits per heavy atom. The van der Waals surface area contributed by atoms with Crippen LogP contribution in [0.2, 0.25) is 0 Å². The third-order valence-corrected chi connectivity index (χ3v) is 2.12. The summed E-state index contributed by atoms with van der Waals surface area (Å²) in [6.07, 6.45) is 5.58. The van der Waals surface area contributed by atoms with Gasteiger partial charge < -0.3 is 0 Å². The van der Waals surface area contributed by atoms with E-state index in [1.54, 1.807) is 18.2 Å². The minimum Gasteiger partial charge on any atom is -0.184 e. The van der Waals surface area contributed by atoms with Gasteiger partial charge in [-0.05, 0) is 6.08 Å². The second kappa shape index (κ2) is 3.07. The Morgan fingerprint density at radius 2 is 2.20 bits per heavy atom. The van der Waals surface area contributed by atoms with Crippen LogP contribution in [0.4, 0.5) is 0 Å². The molecule has 54 valence electrons. The second-order valence-corrected chi connectivity index (χ2v) is 3.39. The summed E-state index contributed by atoms with van der Waals surface area (Å²) in [5.41, 5.74) is 0. The van der Waals surface area contributed by atoms with Gasteiger partial charge >= 0.3 is 0 Å². The van der Waals surface area contributed by atoms with Crippen molar-refractivity contribution in [2.24, 2.45) is 0 Å². The first kappa shape index (κ1) is 7.63. The summed E-state index contributed by atoms with van der Waals surface area (Å²) in [6.45, 7) is 0. The molecule has 0 N–H and O–H groups in total. The van der Waals surface area contributed by atoms with Crippen molar-refractivity contribution in [1.82, 2.24) is 0 Å². The van der Waals surface area contributed by atoms with Gasteiger partial charge in [-0.25, -0.2) is 0 Å². The molecule has 0 aliphatic heterocycles. The van der Waals surface area contributed by atoms with Crippen molar-refractivity contribution in [3.8, 4) is 0 Å². The second-order valence-electron chi connectivity index (χ2n) is 1.88. The summed E-state index contributed by atoms with van der Waals surface area (Å²) in [7, 11) is -2.08. The Bertz CT molecular complexity index is 312. The summed E-state index contributed by atoms with van der Waals surface area (Å²) in [4.78, 5) is 1.08. The van der Waals surface area contributed by atoms with Crippen LogP contribution < -0.4 is 0 Å². The van der Waals surface area contributed by atoms with Crippen molar-refractivity contribution in [3.05, 3.63) is 23.1 Å². The molecule has 0 heterocycles. The molecule has 1 aliphatic rings. The van der Waals surface area contributed by atoms with Gasteiger partial charge in [0.15, 0.2) is 0 Å². The van der Waals surface area contributed by atoms with Crippen molar-refractivity contribution in [1.29, 1.82) is 0 Å².